The fourth-order valence-electron chi connectivity index (χ4n) is 4.40. The zero-order chi connectivity index (χ0) is 23.1. The maximum atomic E-state index is 12.9. The Bertz CT molecular complexity index is 1240. The van der Waals surface area contributed by atoms with E-state index in [0.29, 0.717) is 11.8 Å². The topological polar surface area (TPSA) is 86.3 Å². The second-order valence-corrected chi connectivity index (χ2v) is 9.09. The number of amides is 1. The minimum atomic E-state index is -0.406. The summed E-state index contributed by atoms with van der Waals surface area (Å²) in [7, 11) is 0. The third-order valence-electron chi connectivity index (χ3n) is 6.00. The molecule has 0 spiro atoms. The number of fused-ring (bicyclic) bond motifs is 1. The highest BCUT2D eigenvalue weighted by molar-refractivity contribution is 8.26. The number of carbonyl (C=O) groups is 1. The highest BCUT2D eigenvalue weighted by Crippen LogP contribution is 2.33. The molecule has 5 rings (SSSR count). The number of hydrogen-bond acceptors (Lipinski definition) is 6. The molecule has 1 N–H and O–H groups in total. The summed E-state index contributed by atoms with van der Waals surface area (Å²) in [5.74, 6) is 0.456. The van der Waals surface area contributed by atoms with Crippen molar-refractivity contribution in [1.29, 1.82) is 5.41 Å². The predicted molar refractivity (Wildman–Crippen MR) is 132 cm³/mol. The van der Waals surface area contributed by atoms with Gasteiger partial charge in [0, 0.05) is 24.5 Å². The first-order valence-corrected chi connectivity index (χ1v) is 12.0. The number of thioether (sulfide) groups is 1. The summed E-state index contributed by atoms with van der Waals surface area (Å²) in [6.45, 7) is 8.46. The summed E-state index contributed by atoms with van der Waals surface area (Å²) in [5, 5.41) is 16.0. The quantitative estimate of drug-likeness (QED) is 0.690. The van der Waals surface area contributed by atoms with Crippen LogP contribution >= 0.6 is 11.8 Å². The van der Waals surface area contributed by atoms with Crippen LogP contribution in [0, 0.1) is 19.3 Å². The molecular weight excluding hydrogens is 436 g/mol. The molecule has 1 fully saturated rings. The smallest absolute Gasteiger partial charge is 0.283 e. The van der Waals surface area contributed by atoms with E-state index in [1.165, 1.54) is 16.8 Å². The monoisotopic (exact) mass is 462 g/mol. The Morgan fingerprint density at radius 2 is 1.94 bits per heavy atom. The molecule has 1 aromatic carbocycles. The van der Waals surface area contributed by atoms with Gasteiger partial charge in [0.1, 0.15) is 5.75 Å². The van der Waals surface area contributed by atoms with E-state index in [-0.39, 0.29) is 11.4 Å². The van der Waals surface area contributed by atoms with E-state index in [4.69, 9.17) is 10.1 Å². The molecule has 1 aromatic heterocycles. The van der Waals surface area contributed by atoms with Crippen LogP contribution in [0.1, 0.15) is 36.7 Å². The lowest BCUT2D eigenvalue weighted by Gasteiger charge is -2.20. The van der Waals surface area contributed by atoms with Crippen molar-refractivity contribution in [2.75, 3.05) is 19.7 Å². The van der Waals surface area contributed by atoms with E-state index in [1.54, 1.807) is 6.08 Å². The van der Waals surface area contributed by atoms with E-state index in [9.17, 15) is 4.79 Å². The lowest BCUT2D eigenvalue weighted by atomic mass is 10.1. The summed E-state index contributed by atoms with van der Waals surface area (Å²) in [4.78, 5) is 19.3. The van der Waals surface area contributed by atoms with Crippen molar-refractivity contribution in [3.8, 4) is 11.4 Å². The predicted octanol–water partition coefficient (Wildman–Crippen LogP) is 4.17. The summed E-state index contributed by atoms with van der Waals surface area (Å²) in [5.41, 5.74) is 4.02. The molecule has 0 atom stereocenters. The number of hydrogen-bond donors (Lipinski definition) is 1. The second kappa shape index (κ2) is 8.55. The van der Waals surface area contributed by atoms with Gasteiger partial charge in [-0.15, -0.1) is 5.10 Å². The SMILES string of the molecule is CCOc1ccccc1-n1c(C)cc(/C=C2/C(=N)N3N=C(N4CCCC4)SC3=NC2=O)c1C. The maximum Gasteiger partial charge on any atom is 0.283 e. The van der Waals surface area contributed by atoms with E-state index in [2.05, 4.69) is 19.6 Å². The van der Waals surface area contributed by atoms with Gasteiger partial charge >= 0.3 is 0 Å². The fraction of sp³-hybridized carbons (Fsp3) is 0.333. The lowest BCUT2D eigenvalue weighted by molar-refractivity contribution is -0.114. The number of benzene rings is 1. The Labute approximate surface area is 197 Å². The molecule has 4 heterocycles. The van der Waals surface area contributed by atoms with Crippen LogP contribution in [0.3, 0.4) is 0 Å². The van der Waals surface area contributed by atoms with Crippen LogP contribution < -0.4 is 4.74 Å². The van der Waals surface area contributed by atoms with Crippen LogP contribution in [0.25, 0.3) is 11.8 Å². The number of rotatable bonds is 4. The Balaban J connectivity index is 1.50. The molecule has 9 heteroatoms. The van der Waals surface area contributed by atoms with Gasteiger partial charge in [-0.1, -0.05) is 12.1 Å². The first-order valence-electron chi connectivity index (χ1n) is 11.1. The molecule has 1 amide bonds. The third kappa shape index (κ3) is 3.76. The fourth-order valence-corrected chi connectivity index (χ4v) is 5.34. The summed E-state index contributed by atoms with van der Waals surface area (Å²) < 4.78 is 7.93. The normalized spacial score (nSPS) is 19.3. The summed E-state index contributed by atoms with van der Waals surface area (Å²) in [6, 6.07) is 9.92. The lowest BCUT2D eigenvalue weighted by Crippen LogP contribution is -2.35. The van der Waals surface area contributed by atoms with Crippen LogP contribution in [0.5, 0.6) is 5.75 Å². The summed E-state index contributed by atoms with van der Waals surface area (Å²) >= 11 is 1.37. The van der Waals surface area contributed by atoms with Crippen LogP contribution in [-0.4, -0.2) is 56.3 Å². The Kier molecular flexibility index (Phi) is 5.57. The Hall–Kier alpha value is -3.33. The van der Waals surface area contributed by atoms with Crippen LogP contribution in [0.15, 0.2) is 46.0 Å². The molecular formula is C24H26N6O2S. The molecule has 33 heavy (non-hydrogen) atoms. The Morgan fingerprint density at radius 3 is 2.70 bits per heavy atom. The van der Waals surface area contributed by atoms with E-state index < -0.39 is 5.91 Å². The van der Waals surface area contributed by atoms with Gasteiger partial charge in [-0.25, -0.2) is 0 Å². The number of aryl methyl sites for hydroxylation is 1. The first kappa shape index (κ1) is 21.5. The number of nitrogens with one attached hydrogen (secondary N) is 1. The van der Waals surface area contributed by atoms with Crippen molar-refractivity contribution in [2.24, 2.45) is 10.1 Å². The average molecular weight is 463 g/mol. The number of para-hydroxylation sites is 2. The van der Waals surface area contributed by atoms with Crippen LogP contribution in [0.2, 0.25) is 0 Å². The van der Waals surface area contributed by atoms with Crippen LogP contribution in [0.4, 0.5) is 0 Å². The van der Waals surface area contributed by atoms with Crippen molar-refractivity contribution in [1.82, 2.24) is 14.5 Å². The van der Waals surface area contributed by atoms with Gasteiger partial charge in [0.15, 0.2) is 11.0 Å². The van der Waals surface area contributed by atoms with Crippen molar-refractivity contribution in [2.45, 2.75) is 33.6 Å². The molecule has 170 valence electrons. The first-order chi connectivity index (χ1) is 16.0. The van der Waals surface area contributed by atoms with Gasteiger partial charge in [0.25, 0.3) is 5.91 Å². The number of likely N-dealkylation sites (tertiary alicyclic amines) is 1. The van der Waals surface area contributed by atoms with E-state index in [1.807, 2.05) is 51.1 Å². The average Bonchev–Trinajstić information content (AvgIpc) is 3.52. The molecule has 8 nitrogen and oxygen atoms in total. The highest BCUT2D eigenvalue weighted by Gasteiger charge is 2.37. The number of amidine groups is 3. The number of ether oxygens (including phenoxy) is 1. The van der Waals surface area contributed by atoms with Gasteiger partial charge in [0.05, 0.1) is 17.9 Å². The van der Waals surface area contributed by atoms with Crippen molar-refractivity contribution in [3.63, 3.8) is 0 Å². The molecule has 2 aromatic rings. The summed E-state index contributed by atoms with van der Waals surface area (Å²) in [6.07, 6.45) is 4.02. The van der Waals surface area contributed by atoms with Gasteiger partial charge in [-0.2, -0.15) is 10.0 Å². The maximum absolute atomic E-state index is 12.9. The molecule has 3 aliphatic rings. The third-order valence-corrected chi connectivity index (χ3v) is 6.97. The molecule has 3 aliphatic heterocycles. The highest BCUT2D eigenvalue weighted by atomic mass is 32.2. The molecule has 0 radical (unpaired) electrons. The molecule has 0 bridgehead atoms. The number of aromatic nitrogens is 1. The number of aliphatic imine (C=N–C) groups is 1. The van der Waals surface area contributed by atoms with Gasteiger partial charge in [-0.3, -0.25) is 10.2 Å². The van der Waals surface area contributed by atoms with E-state index >= 15 is 0 Å². The zero-order valence-corrected chi connectivity index (χ0v) is 19.8. The standard InChI is InChI=1S/C24H26N6O2S/c1-4-32-20-10-6-5-9-19(20)29-15(2)13-17(16(29)3)14-18-21(25)30-23(26-22(18)31)33-24(27-30)28-11-7-8-12-28/h5-6,9-10,13-14,25H,4,7-8,11-12H2,1-3H3/b18-14-,25-21?. The minimum absolute atomic E-state index is 0.0613. The molecule has 0 unspecified atom stereocenters. The molecule has 0 aliphatic carbocycles. The number of nitrogens with zero attached hydrogens (tertiary/aromatic N) is 5. The van der Waals surface area contributed by atoms with E-state index in [0.717, 1.165) is 59.5 Å². The van der Waals surface area contributed by atoms with Crippen molar-refractivity contribution < 1.29 is 9.53 Å². The largest absolute Gasteiger partial charge is 0.492 e. The van der Waals surface area contributed by atoms with Crippen LogP contribution in [-0.2, 0) is 4.79 Å². The van der Waals surface area contributed by atoms with Gasteiger partial charge in [-0.05, 0) is 75.2 Å². The zero-order valence-electron chi connectivity index (χ0n) is 19.0. The molecule has 0 saturated carbocycles. The minimum Gasteiger partial charge on any atom is -0.492 e. The van der Waals surface area contributed by atoms with Crippen molar-refractivity contribution >= 4 is 39.9 Å². The van der Waals surface area contributed by atoms with Gasteiger partial charge < -0.3 is 14.2 Å². The second-order valence-electron chi connectivity index (χ2n) is 8.16. The van der Waals surface area contributed by atoms with Gasteiger partial charge in [0.2, 0.25) is 5.17 Å². The number of carbonyl (C=O) groups excluding carboxylic acids is 1. The molecule has 1 saturated heterocycles. The van der Waals surface area contributed by atoms with Crippen molar-refractivity contribution in [3.05, 3.63) is 52.9 Å². The number of hydrazone groups is 1. The Morgan fingerprint density at radius 1 is 1.18 bits per heavy atom.